The normalized spacial score (nSPS) is 12.5. The molecule has 0 saturated heterocycles. The van der Waals surface area contributed by atoms with Gasteiger partial charge in [-0.15, -0.1) is 0 Å². The van der Waals surface area contributed by atoms with Crippen LogP contribution in [0, 0.1) is 12.8 Å². The van der Waals surface area contributed by atoms with E-state index in [1.54, 1.807) is 11.6 Å². The average molecular weight is 399 g/mol. The summed E-state index contributed by atoms with van der Waals surface area (Å²) in [6, 6.07) is 7.69. The summed E-state index contributed by atoms with van der Waals surface area (Å²) in [6.07, 6.45) is 0. The molecular weight excluding hydrogens is 378 g/mol. The molecule has 2 aromatic rings. The first kappa shape index (κ1) is 18.0. The zero-order valence-electron chi connectivity index (χ0n) is 13.7. The molecule has 1 N–H and O–H groups in total. The van der Waals surface area contributed by atoms with Crippen LogP contribution in [0.5, 0.6) is 0 Å². The van der Waals surface area contributed by atoms with Crippen LogP contribution in [0.1, 0.15) is 48.4 Å². The number of hydrogen-bond donors (Lipinski definition) is 1. The van der Waals surface area contributed by atoms with Gasteiger partial charge in [-0.05, 0) is 31.4 Å². The minimum atomic E-state index is -0.203. The van der Waals surface area contributed by atoms with E-state index >= 15 is 0 Å². The van der Waals surface area contributed by atoms with Crippen molar-refractivity contribution in [2.45, 2.75) is 40.3 Å². The molecule has 0 aliphatic rings. The number of aromatic nitrogens is 2. The minimum Gasteiger partial charge on any atom is -0.345 e. The Morgan fingerprint density at radius 1 is 1.35 bits per heavy atom. The van der Waals surface area contributed by atoms with E-state index in [2.05, 4.69) is 40.2 Å². The number of nitrogens with zero attached hydrogens (tertiary/aromatic N) is 2. The number of halogens is 2. The molecule has 1 aromatic carbocycles. The highest BCUT2D eigenvalue weighted by Crippen LogP contribution is 2.25. The fraction of sp³-hybridized carbons (Fsp3) is 0.412. The van der Waals surface area contributed by atoms with E-state index in [-0.39, 0.29) is 11.9 Å². The molecule has 1 amide bonds. The Labute approximate surface area is 150 Å². The van der Waals surface area contributed by atoms with Crippen molar-refractivity contribution in [3.63, 3.8) is 0 Å². The maximum atomic E-state index is 12.6. The van der Waals surface area contributed by atoms with Crippen LogP contribution in [0.4, 0.5) is 0 Å². The maximum absolute atomic E-state index is 12.6. The van der Waals surface area contributed by atoms with Crippen LogP contribution >= 0.6 is 27.5 Å². The lowest BCUT2D eigenvalue weighted by Gasteiger charge is -2.16. The van der Waals surface area contributed by atoms with E-state index in [4.69, 9.17) is 11.6 Å². The quantitative estimate of drug-likeness (QED) is 0.789. The van der Waals surface area contributed by atoms with Gasteiger partial charge in [-0.3, -0.25) is 9.48 Å². The molecule has 6 heteroatoms. The third-order valence-corrected chi connectivity index (χ3v) is 4.66. The fourth-order valence-electron chi connectivity index (χ4n) is 2.45. The Bertz CT molecular complexity index is 712. The first-order chi connectivity index (χ1) is 10.8. The van der Waals surface area contributed by atoms with Gasteiger partial charge in [0.05, 0.1) is 17.3 Å². The molecule has 0 radical (unpaired) electrons. The monoisotopic (exact) mass is 397 g/mol. The van der Waals surface area contributed by atoms with Crippen molar-refractivity contribution in [2.75, 3.05) is 0 Å². The molecule has 0 fully saturated rings. The summed E-state index contributed by atoms with van der Waals surface area (Å²) in [6.45, 7) is 8.61. The molecule has 0 unspecified atom stereocenters. The van der Waals surface area contributed by atoms with Crippen molar-refractivity contribution >= 4 is 33.4 Å². The predicted octanol–water partition coefficient (Wildman–Crippen LogP) is 4.75. The molecular formula is C17H21BrClN3O. The van der Waals surface area contributed by atoms with Gasteiger partial charge in [0.1, 0.15) is 5.15 Å². The lowest BCUT2D eigenvalue weighted by molar-refractivity contribution is 0.0939. The third kappa shape index (κ3) is 4.15. The van der Waals surface area contributed by atoms with Gasteiger partial charge in [-0.2, -0.15) is 5.10 Å². The standard InChI is InChI=1S/C17H21BrClN3O/c1-10(2)9-22-16(19)15(12(4)21-22)17(23)20-11(3)13-7-5-6-8-14(13)18/h5-8,10-11H,9H2,1-4H3,(H,20,23)/t11-/m0/s1. The van der Waals surface area contributed by atoms with Crippen molar-refractivity contribution < 1.29 is 4.79 Å². The van der Waals surface area contributed by atoms with E-state index in [9.17, 15) is 4.79 Å². The van der Waals surface area contributed by atoms with Crippen LogP contribution in [0.3, 0.4) is 0 Å². The molecule has 23 heavy (non-hydrogen) atoms. The number of nitrogens with one attached hydrogen (secondary N) is 1. The summed E-state index contributed by atoms with van der Waals surface area (Å²) in [7, 11) is 0. The summed E-state index contributed by atoms with van der Waals surface area (Å²) in [5.74, 6) is 0.202. The van der Waals surface area contributed by atoms with Crippen LogP contribution in [-0.2, 0) is 6.54 Å². The summed E-state index contributed by atoms with van der Waals surface area (Å²) in [4.78, 5) is 12.6. The molecule has 0 aliphatic carbocycles. The largest absolute Gasteiger partial charge is 0.345 e. The number of amides is 1. The molecule has 0 saturated carbocycles. The SMILES string of the molecule is Cc1nn(CC(C)C)c(Cl)c1C(=O)N[C@@H](C)c1ccccc1Br. The van der Waals surface area contributed by atoms with Crippen molar-refractivity contribution in [1.82, 2.24) is 15.1 Å². The Morgan fingerprint density at radius 3 is 2.61 bits per heavy atom. The zero-order valence-corrected chi connectivity index (χ0v) is 16.1. The number of aryl methyl sites for hydroxylation is 1. The third-order valence-electron chi connectivity index (χ3n) is 3.55. The second-order valence-corrected chi connectivity index (χ2v) is 7.26. The Balaban J connectivity index is 2.21. The van der Waals surface area contributed by atoms with E-state index in [1.165, 1.54) is 0 Å². The molecule has 2 rings (SSSR count). The number of rotatable bonds is 5. The number of benzene rings is 1. The van der Waals surface area contributed by atoms with Crippen molar-refractivity contribution in [2.24, 2.45) is 5.92 Å². The van der Waals surface area contributed by atoms with Crippen LogP contribution in [0.15, 0.2) is 28.7 Å². The van der Waals surface area contributed by atoms with Crippen LogP contribution in [0.2, 0.25) is 5.15 Å². The Hall–Kier alpha value is -1.33. The molecule has 1 atom stereocenters. The van der Waals surface area contributed by atoms with Gasteiger partial charge < -0.3 is 5.32 Å². The molecule has 4 nitrogen and oxygen atoms in total. The van der Waals surface area contributed by atoms with Gasteiger partial charge in [-0.25, -0.2) is 0 Å². The highest BCUT2D eigenvalue weighted by atomic mass is 79.9. The molecule has 0 aliphatic heterocycles. The molecule has 0 spiro atoms. The first-order valence-electron chi connectivity index (χ1n) is 7.59. The lowest BCUT2D eigenvalue weighted by Crippen LogP contribution is -2.27. The minimum absolute atomic E-state index is 0.137. The Kier molecular flexibility index (Phi) is 5.87. The second-order valence-electron chi connectivity index (χ2n) is 6.04. The van der Waals surface area contributed by atoms with Crippen molar-refractivity contribution in [3.8, 4) is 0 Å². The highest BCUT2D eigenvalue weighted by molar-refractivity contribution is 9.10. The van der Waals surface area contributed by atoms with Crippen molar-refractivity contribution in [3.05, 3.63) is 50.7 Å². The zero-order chi connectivity index (χ0) is 17.1. The van der Waals surface area contributed by atoms with Gasteiger partial charge >= 0.3 is 0 Å². The fourth-order valence-corrected chi connectivity index (χ4v) is 3.41. The van der Waals surface area contributed by atoms with E-state index < -0.39 is 0 Å². The van der Waals surface area contributed by atoms with E-state index in [0.717, 1.165) is 10.0 Å². The first-order valence-corrected chi connectivity index (χ1v) is 8.76. The number of carbonyl (C=O) groups is 1. The summed E-state index contributed by atoms with van der Waals surface area (Å²) in [5, 5.41) is 7.77. The van der Waals surface area contributed by atoms with Gasteiger partial charge in [0.15, 0.2) is 0 Å². The van der Waals surface area contributed by atoms with Gasteiger partial charge in [0.25, 0.3) is 5.91 Å². The smallest absolute Gasteiger partial charge is 0.256 e. The molecule has 0 bridgehead atoms. The maximum Gasteiger partial charge on any atom is 0.256 e. The van der Waals surface area contributed by atoms with E-state index in [1.807, 2.05) is 31.2 Å². The number of hydrogen-bond acceptors (Lipinski definition) is 2. The van der Waals surface area contributed by atoms with Crippen LogP contribution in [0.25, 0.3) is 0 Å². The highest BCUT2D eigenvalue weighted by Gasteiger charge is 2.22. The van der Waals surface area contributed by atoms with Crippen LogP contribution < -0.4 is 5.32 Å². The predicted molar refractivity (Wildman–Crippen MR) is 96.8 cm³/mol. The van der Waals surface area contributed by atoms with E-state index in [0.29, 0.717) is 28.9 Å². The molecule has 1 heterocycles. The Morgan fingerprint density at radius 2 is 2.00 bits per heavy atom. The molecule has 124 valence electrons. The number of carbonyl (C=O) groups excluding carboxylic acids is 1. The average Bonchev–Trinajstić information content (AvgIpc) is 2.72. The summed E-state index contributed by atoms with van der Waals surface area (Å²) < 4.78 is 2.66. The van der Waals surface area contributed by atoms with Gasteiger partial charge in [0, 0.05) is 11.0 Å². The molecule has 1 aromatic heterocycles. The van der Waals surface area contributed by atoms with Gasteiger partial charge in [0.2, 0.25) is 0 Å². The van der Waals surface area contributed by atoms with Gasteiger partial charge in [-0.1, -0.05) is 59.6 Å². The summed E-state index contributed by atoms with van der Waals surface area (Å²) >= 11 is 9.87. The van der Waals surface area contributed by atoms with Crippen molar-refractivity contribution in [1.29, 1.82) is 0 Å². The second kappa shape index (κ2) is 7.49. The lowest BCUT2D eigenvalue weighted by atomic mass is 10.1. The van der Waals surface area contributed by atoms with Crippen LogP contribution in [-0.4, -0.2) is 15.7 Å². The topological polar surface area (TPSA) is 46.9 Å². The summed E-state index contributed by atoms with van der Waals surface area (Å²) in [5.41, 5.74) is 2.11.